The Morgan fingerprint density at radius 1 is 1.50 bits per heavy atom. The van der Waals surface area contributed by atoms with Gasteiger partial charge in [0.25, 0.3) is 5.91 Å². The van der Waals surface area contributed by atoms with Crippen LogP contribution < -0.4 is 10.5 Å². The van der Waals surface area contributed by atoms with Crippen LogP contribution in [0.2, 0.25) is 0 Å². The normalized spacial score (nSPS) is 15.5. The Labute approximate surface area is 128 Å². The summed E-state index contributed by atoms with van der Waals surface area (Å²) in [6.45, 7) is 4.60. The molecular formula is C15H19N5O2. The maximum absolute atomic E-state index is 11.1. The molecule has 1 fully saturated rings. The van der Waals surface area contributed by atoms with E-state index < -0.39 is 5.91 Å². The number of aryl methyl sites for hydroxylation is 2. The second kappa shape index (κ2) is 5.76. The molecule has 0 spiro atoms. The molecule has 22 heavy (non-hydrogen) atoms. The predicted molar refractivity (Wildman–Crippen MR) is 80.4 cm³/mol. The van der Waals surface area contributed by atoms with Crippen molar-refractivity contribution in [2.75, 3.05) is 13.1 Å². The van der Waals surface area contributed by atoms with Gasteiger partial charge in [0.15, 0.2) is 0 Å². The van der Waals surface area contributed by atoms with Gasteiger partial charge in [-0.2, -0.15) is 5.10 Å². The summed E-state index contributed by atoms with van der Waals surface area (Å²) in [6, 6.07) is 3.32. The van der Waals surface area contributed by atoms with Crippen molar-refractivity contribution in [1.29, 1.82) is 0 Å². The SMILES string of the molecule is Cc1nn(C)cc1CN1CC(Oc2ccnc(C(N)=O)c2)C1. The second-order valence-electron chi connectivity index (χ2n) is 5.59. The van der Waals surface area contributed by atoms with Crippen LogP contribution in [0.3, 0.4) is 0 Å². The summed E-state index contributed by atoms with van der Waals surface area (Å²) in [5.41, 5.74) is 7.73. The third kappa shape index (κ3) is 3.09. The minimum atomic E-state index is -0.548. The van der Waals surface area contributed by atoms with Gasteiger partial charge in [0.1, 0.15) is 17.5 Å². The molecule has 116 valence electrons. The molecule has 2 aromatic rings. The van der Waals surface area contributed by atoms with E-state index in [1.165, 1.54) is 11.8 Å². The molecular weight excluding hydrogens is 282 g/mol. The summed E-state index contributed by atoms with van der Waals surface area (Å²) in [5.74, 6) is 0.0822. The number of aromatic nitrogens is 3. The quantitative estimate of drug-likeness (QED) is 0.868. The molecule has 0 unspecified atom stereocenters. The molecule has 0 atom stereocenters. The molecule has 2 N–H and O–H groups in total. The van der Waals surface area contributed by atoms with Crippen LogP contribution in [0.4, 0.5) is 0 Å². The highest BCUT2D eigenvalue weighted by atomic mass is 16.5. The largest absolute Gasteiger partial charge is 0.488 e. The highest BCUT2D eigenvalue weighted by Crippen LogP contribution is 2.20. The zero-order valence-electron chi connectivity index (χ0n) is 12.7. The van der Waals surface area contributed by atoms with E-state index in [1.54, 1.807) is 12.1 Å². The van der Waals surface area contributed by atoms with Gasteiger partial charge in [0.2, 0.25) is 0 Å². The molecule has 0 saturated carbocycles. The van der Waals surface area contributed by atoms with Crippen molar-refractivity contribution in [3.63, 3.8) is 0 Å². The fourth-order valence-corrected chi connectivity index (χ4v) is 2.58. The molecule has 1 saturated heterocycles. The molecule has 3 rings (SSSR count). The maximum Gasteiger partial charge on any atom is 0.267 e. The average molecular weight is 301 g/mol. The number of carbonyl (C=O) groups is 1. The highest BCUT2D eigenvalue weighted by molar-refractivity contribution is 5.91. The molecule has 0 aromatic carbocycles. The zero-order chi connectivity index (χ0) is 15.7. The third-order valence-corrected chi connectivity index (χ3v) is 3.72. The number of nitrogens with zero attached hydrogens (tertiary/aromatic N) is 4. The number of hydrogen-bond acceptors (Lipinski definition) is 5. The number of ether oxygens (including phenoxy) is 1. The van der Waals surface area contributed by atoms with E-state index in [0.717, 1.165) is 25.3 Å². The van der Waals surface area contributed by atoms with Gasteiger partial charge in [0, 0.05) is 50.7 Å². The number of likely N-dealkylation sites (tertiary alicyclic amines) is 1. The first kappa shape index (κ1) is 14.5. The van der Waals surface area contributed by atoms with E-state index in [-0.39, 0.29) is 11.8 Å². The lowest BCUT2D eigenvalue weighted by Crippen LogP contribution is -2.53. The Balaban J connectivity index is 1.52. The molecule has 0 aliphatic carbocycles. The van der Waals surface area contributed by atoms with Crippen molar-refractivity contribution in [2.45, 2.75) is 19.6 Å². The van der Waals surface area contributed by atoms with E-state index >= 15 is 0 Å². The van der Waals surface area contributed by atoms with Crippen LogP contribution in [0.25, 0.3) is 0 Å². The number of hydrogen-bond donors (Lipinski definition) is 1. The summed E-state index contributed by atoms with van der Waals surface area (Å²) in [5, 5.41) is 4.34. The van der Waals surface area contributed by atoms with Crippen LogP contribution in [0.15, 0.2) is 24.5 Å². The number of pyridine rings is 1. The first-order chi connectivity index (χ1) is 10.5. The number of rotatable bonds is 5. The minimum Gasteiger partial charge on any atom is -0.488 e. The van der Waals surface area contributed by atoms with E-state index in [9.17, 15) is 4.79 Å². The second-order valence-corrected chi connectivity index (χ2v) is 5.59. The Morgan fingerprint density at radius 3 is 2.91 bits per heavy atom. The van der Waals surface area contributed by atoms with Gasteiger partial charge < -0.3 is 10.5 Å². The molecule has 0 bridgehead atoms. The summed E-state index contributed by atoms with van der Waals surface area (Å²) in [4.78, 5) is 17.3. The fraction of sp³-hybridized carbons (Fsp3) is 0.400. The standard InChI is InChI=1S/C15H19N5O2/c1-10-11(6-19(2)18-10)7-20-8-13(9-20)22-12-3-4-17-14(5-12)15(16)21/h3-6,13H,7-9H2,1-2H3,(H2,16,21). The van der Waals surface area contributed by atoms with Gasteiger partial charge >= 0.3 is 0 Å². The van der Waals surface area contributed by atoms with E-state index in [2.05, 4.69) is 15.0 Å². The van der Waals surface area contributed by atoms with Crippen LogP contribution in [0.1, 0.15) is 21.7 Å². The van der Waals surface area contributed by atoms with Crippen molar-refractivity contribution in [3.8, 4) is 5.75 Å². The Bertz CT molecular complexity index is 691. The molecule has 0 radical (unpaired) electrons. The summed E-state index contributed by atoms with van der Waals surface area (Å²) >= 11 is 0. The molecule has 7 heteroatoms. The Morgan fingerprint density at radius 2 is 2.27 bits per heavy atom. The van der Waals surface area contributed by atoms with Crippen molar-refractivity contribution >= 4 is 5.91 Å². The van der Waals surface area contributed by atoms with Crippen LogP contribution in [-0.4, -0.2) is 44.8 Å². The number of amides is 1. The van der Waals surface area contributed by atoms with Crippen molar-refractivity contribution in [3.05, 3.63) is 41.5 Å². The predicted octanol–water partition coefficient (Wildman–Crippen LogP) is 0.486. The van der Waals surface area contributed by atoms with Gasteiger partial charge in [-0.3, -0.25) is 19.4 Å². The smallest absolute Gasteiger partial charge is 0.267 e. The lowest BCUT2D eigenvalue weighted by atomic mass is 10.1. The van der Waals surface area contributed by atoms with Crippen LogP contribution in [0, 0.1) is 6.92 Å². The Hall–Kier alpha value is -2.41. The third-order valence-electron chi connectivity index (χ3n) is 3.72. The van der Waals surface area contributed by atoms with E-state index in [0.29, 0.717) is 5.75 Å². The minimum absolute atomic E-state index is 0.125. The van der Waals surface area contributed by atoms with E-state index in [1.807, 2.05) is 24.9 Å². The highest BCUT2D eigenvalue weighted by Gasteiger charge is 2.29. The first-order valence-corrected chi connectivity index (χ1v) is 7.15. The van der Waals surface area contributed by atoms with Crippen molar-refractivity contribution in [2.24, 2.45) is 12.8 Å². The number of primary amides is 1. The van der Waals surface area contributed by atoms with Crippen LogP contribution in [0.5, 0.6) is 5.75 Å². The summed E-state index contributed by atoms with van der Waals surface area (Å²) < 4.78 is 7.67. The fourth-order valence-electron chi connectivity index (χ4n) is 2.58. The molecule has 1 amide bonds. The van der Waals surface area contributed by atoms with Gasteiger partial charge in [-0.05, 0) is 13.0 Å². The zero-order valence-corrected chi connectivity index (χ0v) is 12.7. The summed E-state index contributed by atoms with van der Waals surface area (Å²) in [7, 11) is 1.93. The van der Waals surface area contributed by atoms with Crippen LogP contribution >= 0.6 is 0 Å². The monoisotopic (exact) mass is 301 g/mol. The Kier molecular flexibility index (Phi) is 3.81. The van der Waals surface area contributed by atoms with E-state index in [4.69, 9.17) is 10.5 Å². The molecule has 2 aromatic heterocycles. The maximum atomic E-state index is 11.1. The molecule has 1 aliphatic rings. The average Bonchev–Trinajstić information content (AvgIpc) is 2.75. The lowest BCUT2D eigenvalue weighted by molar-refractivity contribution is 0.0143. The van der Waals surface area contributed by atoms with Gasteiger partial charge in [-0.15, -0.1) is 0 Å². The molecule has 1 aliphatic heterocycles. The van der Waals surface area contributed by atoms with Gasteiger partial charge in [-0.25, -0.2) is 0 Å². The first-order valence-electron chi connectivity index (χ1n) is 7.15. The summed E-state index contributed by atoms with van der Waals surface area (Å²) in [6.07, 6.45) is 3.70. The van der Waals surface area contributed by atoms with Crippen molar-refractivity contribution in [1.82, 2.24) is 19.7 Å². The van der Waals surface area contributed by atoms with Gasteiger partial charge in [-0.1, -0.05) is 0 Å². The van der Waals surface area contributed by atoms with Crippen LogP contribution in [-0.2, 0) is 13.6 Å². The number of carbonyl (C=O) groups excluding carboxylic acids is 1. The molecule has 7 nitrogen and oxygen atoms in total. The number of nitrogens with two attached hydrogens (primary N) is 1. The van der Waals surface area contributed by atoms with Gasteiger partial charge in [0.05, 0.1) is 5.69 Å². The lowest BCUT2D eigenvalue weighted by Gasteiger charge is -2.38. The topological polar surface area (TPSA) is 86.3 Å². The molecule has 3 heterocycles. The van der Waals surface area contributed by atoms with Crippen molar-refractivity contribution < 1.29 is 9.53 Å².